The number of hydrogen-bond donors (Lipinski definition) is 0. The molecule has 0 aliphatic heterocycles. The zero-order valence-corrected chi connectivity index (χ0v) is 8.94. The molecule has 2 rings (SSSR count). The van der Waals surface area contributed by atoms with E-state index in [1.807, 2.05) is 25.1 Å². The number of fused-ring (bicyclic) bond motifs is 1. The van der Waals surface area contributed by atoms with Crippen LogP contribution in [-0.4, -0.2) is 24.2 Å². The van der Waals surface area contributed by atoms with Crippen LogP contribution in [-0.2, 0) is 0 Å². The highest BCUT2D eigenvalue weighted by atomic mass is 16.5. The van der Waals surface area contributed by atoms with E-state index in [-0.39, 0.29) is 0 Å². The fourth-order valence-electron chi connectivity index (χ4n) is 1.49. The molecule has 15 heavy (non-hydrogen) atoms. The van der Waals surface area contributed by atoms with E-state index in [2.05, 4.69) is 9.97 Å². The SMILES string of the molecule is COc1nc(OC)c2cccc(C)c2n1. The molecule has 0 aliphatic carbocycles. The number of para-hydroxylation sites is 1. The van der Waals surface area contributed by atoms with Crippen LogP contribution in [0.3, 0.4) is 0 Å². The molecule has 0 aliphatic rings. The molecule has 1 heterocycles. The third-order valence-corrected chi connectivity index (χ3v) is 2.25. The van der Waals surface area contributed by atoms with Gasteiger partial charge in [0.05, 0.1) is 25.1 Å². The average Bonchev–Trinajstić information content (AvgIpc) is 2.28. The minimum absolute atomic E-state index is 0.327. The minimum atomic E-state index is 0.327. The number of aromatic nitrogens is 2. The van der Waals surface area contributed by atoms with Gasteiger partial charge in [-0.05, 0) is 18.6 Å². The number of rotatable bonds is 2. The Morgan fingerprint density at radius 1 is 1.07 bits per heavy atom. The van der Waals surface area contributed by atoms with Crippen molar-refractivity contribution in [1.29, 1.82) is 0 Å². The van der Waals surface area contributed by atoms with E-state index in [0.717, 1.165) is 16.5 Å². The molecule has 0 unspecified atom stereocenters. The Labute approximate surface area is 87.9 Å². The van der Waals surface area contributed by atoms with E-state index in [1.165, 1.54) is 0 Å². The van der Waals surface area contributed by atoms with Gasteiger partial charge in [0, 0.05) is 0 Å². The van der Waals surface area contributed by atoms with E-state index in [9.17, 15) is 0 Å². The van der Waals surface area contributed by atoms with Crippen LogP contribution in [0, 0.1) is 6.92 Å². The van der Waals surface area contributed by atoms with E-state index in [4.69, 9.17) is 9.47 Å². The van der Waals surface area contributed by atoms with Gasteiger partial charge in [-0.15, -0.1) is 0 Å². The molecule has 78 valence electrons. The molecule has 0 amide bonds. The molecular formula is C11H12N2O2. The van der Waals surface area contributed by atoms with Crippen molar-refractivity contribution in [3.05, 3.63) is 23.8 Å². The van der Waals surface area contributed by atoms with Crippen molar-refractivity contribution in [2.75, 3.05) is 14.2 Å². The molecule has 4 heteroatoms. The summed E-state index contributed by atoms with van der Waals surface area (Å²) < 4.78 is 10.2. The summed E-state index contributed by atoms with van der Waals surface area (Å²) in [6, 6.07) is 6.21. The molecule has 4 nitrogen and oxygen atoms in total. The molecule has 0 N–H and O–H groups in total. The summed E-state index contributed by atoms with van der Waals surface area (Å²) in [5.74, 6) is 0.542. The van der Waals surface area contributed by atoms with Gasteiger partial charge in [-0.1, -0.05) is 12.1 Å². The standard InChI is InChI=1S/C11H12N2O2/c1-7-5-4-6-8-9(7)12-11(15-3)13-10(8)14-2/h4-6H,1-3H3. The number of methoxy groups -OCH3 is 2. The van der Waals surface area contributed by atoms with Gasteiger partial charge in [0.25, 0.3) is 0 Å². The first-order chi connectivity index (χ1) is 7.26. The van der Waals surface area contributed by atoms with Gasteiger partial charge in [0.1, 0.15) is 0 Å². The Balaban J connectivity index is 2.80. The predicted molar refractivity (Wildman–Crippen MR) is 57.4 cm³/mol. The van der Waals surface area contributed by atoms with Crippen molar-refractivity contribution in [2.45, 2.75) is 6.92 Å². The second kappa shape index (κ2) is 3.73. The smallest absolute Gasteiger partial charge is 0.320 e. The lowest BCUT2D eigenvalue weighted by Crippen LogP contribution is -1.97. The molecule has 0 radical (unpaired) electrons. The van der Waals surface area contributed by atoms with Gasteiger partial charge in [-0.2, -0.15) is 9.97 Å². The first kappa shape index (κ1) is 9.71. The Bertz CT molecular complexity index is 497. The Kier molecular flexibility index (Phi) is 2.41. The van der Waals surface area contributed by atoms with Gasteiger partial charge in [0.2, 0.25) is 5.88 Å². The molecule has 2 aromatic rings. The average molecular weight is 204 g/mol. The Morgan fingerprint density at radius 2 is 1.87 bits per heavy atom. The van der Waals surface area contributed by atoms with Gasteiger partial charge < -0.3 is 9.47 Å². The first-order valence-electron chi connectivity index (χ1n) is 4.61. The summed E-state index contributed by atoms with van der Waals surface area (Å²) in [6.07, 6.45) is 0. The predicted octanol–water partition coefficient (Wildman–Crippen LogP) is 1.96. The van der Waals surface area contributed by atoms with Crippen molar-refractivity contribution in [1.82, 2.24) is 9.97 Å². The quantitative estimate of drug-likeness (QED) is 0.750. The summed E-state index contributed by atoms with van der Waals surface area (Å²) >= 11 is 0. The molecule has 0 saturated carbocycles. The minimum Gasteiger partial charge on any atom is -0.480 e. The van der Waals surface area contributed by atoms with Crippen LogP contribution >= 0.6 is 0 Å². The van der Waals surface area contributed by atoms with Crippen molar-refractivity contribution < 1.29 is 9.47 Å². The highest BCUT2D eigenvalue weighted by Gasteiger charge is 2.09. The van der Waals surface area contributed by atoms with Crippen LogP contribution in [0.4, 0.5) is 0 Å². The molecular weight excluding hydrogens is 192 g/mol. The van der Waals surface area contributed by atoms with Crippen LogP contribution in [0.15, 0.2) is 18.2 Å². The third kappa shape index (κ3) is 1.58. The van der Waals surface area contributed by atoms with Gasteiger partial charge in [-0.3, -0.25) is 0 Å². The van der Waals surface area contributed by atoms with E-state index in [1.54, 1.807) is 14.2 Å². The maximum atomic E-state index is 5.19. The monoisotopic (exact) mass is 204 g/mol. The first-order valence-corrected chi connectivity index (χ1v) is 4.61. The number of aryl methyl sites for hydroxylation is 1. The molecule has 1 aromatic carbocycles. The number of benzene rings is 1. The molecule has 0 atom stereocenters. The molecule has 0 spiro atoms. The summed E-state index contributed by atoms with van der Waals surface area (Å²) in [7, 11) is 3.13. The molecule has 0 fully saturated rings. The molecule has 0 bridgehead atoms. The fraction of sp³-hybridized carbons (Fsp3) is 0.273. The number of ether oxygens (including phenoxy) is 2. The third-order valence-electron chi connectivity index (χ3n) is 2.25. The van der Waals surface area contributed by atoms with Gasteiger partial charge in [-0.25, -0.2) is 0 Å². The van der Waals surface area contributed by atoms with Crippen LogP contribution < -0.4 is 9.47 Å². The maximum Gasteiger partial charge on any atom is 0.320 e. The van der Waals surface area contributed by atoms with Crippen molar-refractivity contribution in [3.8, 4) is 11.9 Å². The molecule has 1 aromatic heterocycles. The summed E-state index contributed by atoms with van der Waals surface area (Å²) in [6.45, 7) is 1.99. The lowest BCUT2D eigenvalue weighted by Gasteiger charge is -2.07. The summed E-state index contributed by atoms with van der Waals surface area (Å²) in [4.78, 5) is 8.41. The van der Waals surface area contributed by atoms with Crippen LogP contribution in [0.1, 0.15) is 5.56 Å². The lowest BCUT2D eigenvalue weighted by molar-refractivity contribution is 0.357. The Hall–Kier alpha value is -1.84. The topological polar surface area (TPSA) is 44.2 Å². The second-order valence-electron chi connectivity index (χ2n) is 3.19. The second-order valence-corrected chi connectivity index (χ2v) is 3.19. The maximum absolute atomic E-state index is 5.19. The highest BCUT2D eigenvalue weighted by molar-refractivity contribution is 5.86. The summed E-state index contributed by atoms with van der Waals surface area (Å²) in [5, 5.41) is 0.901. The van der Waals surface area contributed by atoms with Crippen LogP contribution in [0.5, 0.6) is 11.9 Å². The Morgan fingerprint density at radius 3 is 2.53 bits per heavy atom. The zero-order valence-electron chi connectivity index (χ0n) is 8.94. The van der Waals surface area contributed by atoms with Crippen molar-refractivity contribution in [2.24, 2.45) is 0 Å². The number of hydrogen-bond acceptors (Lipinski definition) is 4. The van der Waals surface area contributed by atoms with E-state index >= 15 is 0 Å². The number of nitrogens with zero attached hydrogens (tertiary/aromatic N) is 2. The lowest BCUT2D eigenvalue weighted by atomic mass is 10.1. The van der Waals surface area contributed by atoms with Gasteiger partial charge in [0.15, 0.2) is 0 Å². The highest BCUT2D eigenvalue weighted by Crippen LogP contribution is 2.26. The zero-order chi connectivity index (χ0) is 10.8. The normalized spacial score (nSPS) is 10.3. The van der Waals surface area contributed by atoms with Crippen molar-refractivity contribution in [3.63, 3.8) is 0 Å². The van der Waals surface area contributed by atoms with Crippen LogP contribution in [0.25, 0.3) is 10.9 Å². The fourth-order valence-corrected chi connectivity index (χ4v) is 1.49. The molecule has 0 saturated heterocycles. The van der Waals surface area contributed by atoms with Crippen LogP contribution in [0.2, 0.25) is 0 Å². The van der Waals surface area contributed by atoms with Gasteiger partial charge >= 0.3 is 6.01 Å². The van der Waals surface area contributed by atoms with E-state index < -0.39 is 0 Å². The largest absolute Gasteiger partial charge is 0.480 e. The van der Waals surface area contributed by atoms with Crippen molar-refractivity contribution >= 4 is 10.9 Å². The summed E-state index contributed by atoms with van der Waals surface area (Å²) in [5.41, 5.74) is 1.94. The van der Waals surface area contributed by atoms with E-state index in [0.29, 0.717) is 11.9 Å².